The highest BCUT2D eigenvalue weighted by Crippen LogP contribution is 2.27. The van der Waals surface area contributed by atoms with E-state index in [4.69, 9.17) is 0 Å². The Bertz CT molecular complexity index is 677. The number of nitrogens with one attached hydrogen (secondary N) is 1. The zero-order valence-corrected chi connectivity index (χ0v) is 12.3. The average Bonchev–Trinajstić information content (AvgIpc) is 2.83. The van der Waals surface area contributed by atoms with Gasteiger partial charge < -0.3 is 5.32 Å². The van der Waals surface area contributed by atoms with Crippen LogP contribution < -0.4 is 5.32 Å². The SMILES string of the molecule is CCCc1nc2c(n1-c1c(F)ccc(C)c1F)CCNC2. The van der Waals surface area contributed by atoms with Gasteiger partial charge in [0.1, 0.15) is 17.3 Å². The van der Waals surface area contributed by atoms with Crippen molar-refractivity contribution in [1.29, 1.82) is 0 Å². The van der Waals surface area contributed by atoms with Gasteiger partial charge in [0.25, 0.3) is 0 Å². The van der Waals surface area contributed by atoms with Gasteiger partial charge in [-0.2, -0.15) is 0 Å². The number of halogens is 2. The lowest BCUT2D eigenvalue weighted by Crippen LogP contribution is -2.25. The van der Waals surface area contributed by atoms with Crippen molar-refractivity contribution in [3.8, 4) is 5.69 Å². The van der Waals surface area contributed by atoms with Gasteiger partial charge in [0.15, 0.2) is 5.82 Å². The minimum Gasteiger partial charge on any atom is -0.311 e. The molecule has 0 bridgehead atoms. The number of hydrogen-bond acceptors (Lipinski definition) is 2. The van der Waals surface area contributed by atoms with Crippen LogP contribution in [0.5, 0.6) is 0 Å². The van der Waals surface area contributed by atoms with Crippen LogP contribution in [0.1, 0.15) is 36.1 Å². The third kappa shape index (κ3) is 2.35. The summed E-state index contributed by atoms with van der Waals surface area (Å²) in [5.74, 6) is -0.283. The molecule has 1 aromatic carbocycles. The first-order chi connectivity index (χ1) is 10.1. The van der Waals surface area contributed by atoms with E-state index in [1.54, 1.807) is 11.5 Å². The molecular weight excluding hydrogens is 272 g/mol. The highest BCUT2D eigenvalue weighted by molar-refractivity contribution is 5.43. The molecule has 0 saturated carbocycles. The van der Waals surface area contributed by atoms with Gasteiger partial charge in [-0.25, -0.2) is 13.8 Å². The molecule has 21 heavy (non-hydrogen) atoms. The first-order valence-corrected chi connectivity index (χ1v) is 7.38. The van der Waals surface area contributed by atoms with E-state index in [1.807, 2.05) is 6.92 Å². The second kappa shape index (κ2) is 5.56. The number of benzene rings is 1. The standard InChI is InChI=1S/C16H19F2N3/c1-3-4-14-20-12-9-19-8-7-13(12)21(14)16-11(17)6-5-10(2)15(16)18/h5-6,19H,3-4,7-9H2,1-2H3. The van der Waals surface area contributed by atoms with Gasteiger partial charge in [0.2, 0.25) is 0 Å². The van der Waals surface area contributed by atoms with Crippen LogP contribution in [0.25, 0.3) is 5.69 Å². The smallest absolute Gasteiger partial charge is 0.153 e. The van der Waals surface area contributed by atoms with E-state index in [0.717, 1.165) is 36.6 Å². The molecule has 0 fully saturated rings. The summed E-state index contributed by atoms with van der Waals surface area (Å²) >= 11 is 0. The Labute approximate surface area is 123 Å². The molecule has 0 saturated heterocycles. The molecule has 1 aliphatic heterocycles. The Morgan fingerprint density at radius 2 is 2.14 bits per heavy atom. The van der Waals surface area contributed by atoms with Crippen molar-refractivity contribution in [3.05, 3.63) is 46.5 Å². The van der Waals surface area contributed by atoms with E-state index < -0.39 is 11.6 Å². The molecule has 0 atom stereocenters. The number of nitrogens with zero attached hydrogens (tertiary/aromatic N) is 2. The normalized spacial score (nSPS) is 14.3. The van der Waals surface area contributed by atoms with Crippen molar-refractivity contribution in [1.82, 2.24) is 14.9 Å². The molecule has 112 valence electrons. The fraction of sp³-hybridized carbons (Fsp3) is 0.438. The van der Waals surface area contributed by atoms with Crippen LogP contribution >= 0.6 is 0 Å². The van der Waals surface area contributed by atoms with Crippen molar-refractivity contribution < 1.29 is 8.78 Å². The summed E-state index contributed by atoms with van der Waals surface area (Å²) in [6.07, 6.45) is 2.33. The number of imidazole rings is 1. The molecule has 0 amide bonds. The molecule has 0 aliphatic carbocycles. The van der Waals surface area contributed by atoms with E-state index in [9.17, 15) is 8.78 Å². The first kappa shape index (κ1) is 14.2. The predicted molar refractivity (Wildman–Crippen MR) is 77.6 cm³/mol. The number of fused-ring (bicyclic) bond motifs is 1. The lowest BCUT2D eigenvalue weighted by Gasteiger charge is -2.18. The second-order valence-corrected chi connectivity index (χ2v) is 5.46. The van der Waals surface area contributed by atoms with Gasteiger partial charge in [-0.15, -0.1) is 0 Å². The maximum Gasteiger partial charge on any atom is 0.153 e. The molecule has 2 heterocycles. The van der Waals surface area contributed by atoms with Gasteiger partial charge in [0.05, 0.1) is 5.69 Å². The third-order valence-corrected chi connectivity index (χ3v) is 3.91. The van der Waals surface area contributed by atoms with Crippen LogP contribution in [-0.4, -0.2) is 16.1 Å². The summed E-state index contributed by atoms with van der Waals surface area (Å²) < 4.78 is 30.5. The van der Waals surface area contributed by atoms with E-state index >= 15 is 0 Å². The fourth-order valence-corrected chi connectivity index (χ4v) is 2.87. The molecule has 1 aliphatic rings. The topological polar surface area (TPSA) is 29.9 Å². The Morgan fingerprint density at radius 3 is 2.90 bits per heavy atom. The fourth-order valence-electron chi connectivity index (χ4n) is 2.87. The van der Waals surface area contributed by atoms with Crippen LogP contribution in [0.4, 0.5) is 8.78 Å². The number of hydrogen-bond donors (Lipinski definition) is 1. The van der Waals surface area contributed by atoms with Crippen molar-refractivity contribution in [2.75, 3.05) is 6.54 Å². The highest BCUT2D eigenvalue weighted by atomic mass is 19.1. The third-order valence-electron chi connectivity index (χ3n) is 3.91. The van der Waals surface area contributed by atoms with Crippen molar-refractivity contribution in [2.45, 2.75) is 39.7 Å². The minimum absolute atomic E-state index is 0.0223. The largest absolute Gasteiger partial charge is 0.311 e. The molecule has 0 radical (unpaired) electrons. The molecule has 1 aromatic heterocycles. The molecule has 3 rings (SSSR count). The zero-order chi connectivity index (χ0) is 15.0. The predicted octanol–water partition coefficient (Wildman–Crippen LogP) is 3.06. The maximum atomic E-state index is 14.5. The molecule has 1 N–H and O–H groups in total. The van der Waals surface area contributed by atoms with Gasteiger partial charge in [-0.1, -0.05) is 13.0 Å². The van der Waals surface area contributed by atoms with Crippen LogP contribution in [0, 0.1) is 18.6 Å². The summed E-state index contributed by atoms with van der Waals surface area (Å²) in [5.41, 5.74) is 2.31. The summed E-state index contributed by atoms with van der Waals surface area (Å²) in [4.78, 5) is 4.60. The maximum absolute atomic E-state index is 14.5. The van der Waals surface area contributed by atoms with Crippen molar-refractivity contribution >= 4 is 0 Å². The Balaban J connectivity index is 2.26. The van der Waals surface area contributed by atoms with E-state index in [2.05, 4.69) is 10.3 Å². The van der Waals surface area contributed by atoms with Crippen LogP contribution in [0.15, 0.2) is 12.1 Å². The number of aryl methyl sites for hydroxylation is 2. The van der Waals surface area contributed by atoms with Crippen LogP contribution in [0.3, 0.4) is 0 Å². The molecular formula is C16H19F2N3. The summed E-state index contributed by atoms with van der Waals surface area (Å²) in [6, 6.07) is 2.80. The van der Waals surface area contributed by atoms with E-state index in [0.29, 0.717) is 18.5 Å². The van der Waals surface area contributed by atoms with Crippen LogP contribution in [-0.2, 0) is 19.4 Å². The number of aromatic nitrogens is 2. The monoisotopic (exact) mass is 291 g/mol. The van der Waals surface area contributed by atoms with Crippen molar-refractivity contribution in [2.24, 2.45) is 0 Å². The first-order valence-electron chi connectivity index (χ1n) is 7.38. The lowest BCUT2D eigenvalue weighted by molar-refractivity contribution is 0.551. The zero-order valence-electron chi connectivity index (χ0n) is 12.3. The molecule has 0 spiro atoms. The minimum atomic E-state index is -0.533. The molecule has 3 nitrogen and oxygen atoms in total. The lowest BCUT2D eigenvalue weighted by atomic mass is 10.1. The quantitative estimate of drug-likeness (QED) is 0.942. The number of rotatable bonds is 3. The Morgan fingerprint density at radius 1 is 1.33 bits per heavy atom. The molecule has 2 aromatic rings. The van der Waals surface area contributed by atoms with Crippen LogP contribution in [0.2, 0.25) is 0 Å². The van der Waals surface area contributed by atoms with Gasteiger partial charge >= 0.3 is 0 Å². The Kier molecular flexibility index (Phi) is 3.76. The second-order valence-electron chi connectivity index (χ2n) is 5.46. The van der Waals surface area contributed by atoms with Gasteiger partial charge in [-0.3, -0.25) is 4.57 Å². The Hall–Kier alpha value is -1.75. The van der Waals surface area contributed by atoms with E-state index in [-0.39, 0.29) is 5.69 Å². The summed E-state index contributed by atoms with van der Waals surface area (Å²) in [7, 11) is 0. The summed E-state index contributed by atoms with van der Waals surface area (Å²) in [5, 5.41) is 3.25. The van der Waals surface area contributed by atoms with E-state index in [1.165, 1.54) is 12.1 Å². The van der Waals surface area contributed by atoms with Gasteiger partial charge in [-0.05, 0) is 25.0 Å². The van der Waals surface area contributed by atoms with Crippen molar-refractivity contribution in [3.63, 3.8) is 0 Å². The van der Waals surface area contributed by atoms with Gasteiger partial charge in [0, 0.05) is 31.6 Å². The highest BCUT2D eigenvalue weighted by Gasteiger charge is 2.24. The summed E-state index contributed by atoms with van der Waals surface area (Å²) in [6.45, 7) is 5.16. The molecule has 0 unspecified atom stereocenters. The molecule has 5 heteroatoms. The average molecular weight is 291 g/mol.